The Bertz CT molecular complexity index is 1140. The summed E-state index contributed by atoms with van der Waals surface area (Å²) in [5, 5.41) is 3.42. The van der Waals surface area contributed by atoms with E-state index in [1.165, 1.54) is 17.4 Å². The first-order chi connectivity index (χ1) is 17.0. The van der Waals surface area contributed by atoms with Gasteiger partial charge in [0, 0.05) is 31.7 Å². The molecule has 2 aromatic heterocycles. The van der Waals surface area contributed by atoms with Gasteiger partial charge < -0.3 is 19.9 Å². The van der Waals surface area contributed by atoms with Gasteiger partial charge in [-0.25, -0.2) is 13.8 Å². The van der Waals surface area contributed by atoms with Crippen LogP contribution in [0.15, 0.2) is 30.3 Å². The van der Waals surface area contributed by atoms with Gasteiger partial charge in [0.25, 0.3) is 6.43 Å². The minimum Gasteiger partial charge on any atom is -0.378 e. The fourth-order valence-electron chi connectivity index (χ4n) is 5.10. The van der Waals surface area contributed by atoms with E-state index in [2.05, 4.69) is 34.2 Å². The van der Waals surface area contributed by atoms with E-state index < -0.39 is 6.43 Å². The maximum Gasteiger partial charge on any atom is 0.296 e. The zero-order valence-corrected chi connectivity index (χ0v) is 20.3. The number of para-hydroxylation sites is 2. The zero-order chi connectivity index (χ0) is 24.4. The number of hydrogen-bond acceptors (Lipinski definition) is 7. The van der Waals surface area contributed by atoms with E-state index in [1.54, 1.807) is 24.3 Å². The monoisotopic (exact) mass is 485 g/mol. The Hall–Kier alpha value is -2.85. The van der Waals surface area contributed by atoms with E-state index >= 15 is 0 Å². The molecule has 1 saturated heterocycles. The van der Waals surface area contributed by atoms with E-state index in [0.29, 0.717) is 66.9 Å². The molecule has 8 nitrogen and oxygen atoms in total. The Morgan fingerprint density at radius 1 is 1.03 bits per heavy atom. The normalized spacial score (nSPS) is 21.3. The number of benzene rings is 1. The fraction of sp³-hybridized carbons (Fsp3) is 0.560. The maximum atomic E-state index is 14.0. The summed E-state index contributed by atoms with van der Waals surface area (Å²) < 4.78 is 35.0. The fourth-order valence-corrected chi connectivity index (χ4v) is 5.10. The third-order valence-corrected chi connectivity index (χ3v) is 7.14. The highest BCUT2D eigenvalue weighted by molar-refractivity contribution is 5.78. The second kappa shape index (κ2) is 10.4. The molecule has 5 rings (SSSR count). The third-order valence-electron chi connectivity index (χ3n) is 7.14. The molecule has 0 amide bonds. The van der Waals surface area contributed by atoms with Crippen molar-refractivity contribution in [2.24, 2.45) is 5.92 Å². The second-order valence-electron chi connectivity index (χ2n) is 9.62. The third kappa shape index (κ3) is 5.23. The van der Waals surface area contributed by atoms with Crippen LogP contribution in [0, 0.1) is 5.92 Å². The molecule has 1 aliphatic carbocycles. The summed E-state index contributed by atoms with van der Waals surface area (Å²) >= 11 is 0. The molecule has 0 atom stereocenters. The average Bonchev–Trinajstić information content (AvgIpc) is 3.28. The van der Waals surface area contributed by atoms with Crippen LogP contribution in [0.1, 0.15) is 37.9 Å². The number of fused-ring (bicyclic) bond motifs is 1. The quantitative estimate of drug-likeness (QED) is 0.540. The van der Waals surface area contributed by atoms with Crippen molar-refractivity contribution >= 4 is 22.8 Å². The molecule has 0 radical (unpaired) electrons. The maximum absolute atomic E-state index is 14.0. The van der Waals surface area contributed by atoms with Crippen LogP contribution >= 0.6 is 0 Å². The highest BCUT2D eigenvalue weighted by Gasteiger charge is 2.25. The molecule has 2 fully saturated rings. The van der Waals surface area contributed by atoms with Crippen molar-refractivity contribution in [1.29, 1.82) is 0 Å². The van der Waals surface area contributed by atoms with Gasteiger partial charge in [0.2, 0.25) is 5.95 Å². The number of nitrogens with one attached hydrogen (secondary N) is 1. The van der Waals surface area contributed by atoms with Gasteiger partial charge in [-0.05, 0) is 57.8 Å². The molecule has 3 heterocycles. The van der Waals surface area contributed by atoms with Crippen LogP contribution in [0.3, 0.4) is 0 Å². The van der Waals surface area contributed by atoms with Crippen LogP contribution in [0.5, 0.6) is 0 Å². The predicted molar refractivity (Wildman–Crippen MR) is 133 cm³/mol. The van der Waals surface area contributed by atoms with Crippen LogP contribution in [0.2, 0.25) is 0 Å². The van der Waals surface area contributed by atoms with Crippen molar-refractivity contribution in [2.75, 3.05) is 57.2 Å². The van der Waals surface area contributed by atoms with Gasteiger partial charge in [-0.2, -0.15) is 9.97 Å². The summed E-state index contributed by atoms with van der Waals surface area (Å²) in [6, 6.07) is 9.57. The first-order valence-electron chi connectivity index (χ1n) is 12.4. The summed E-state index contributed by atoms with van der Waals surface area (Å²) in [7, 11) is 4.28. The van der Waals surface area contributed by atoms with Crippen LogP contribution < -0.4 is 10.2 Å². The average molecular weight is 486 g/mol. The smallest absolute Gasteiger partial charge is 0.296 e. The van der Waals surface area contributed by atoms with E-state index in [-0.39, 0.29) is 5.82 Å². The first-order valence-corrected chi connectivity index (χ1v) is 12.4. The second-order valence-corrected chi connectivity index (χ2v) is 9.62. The molecule has 1 aromatic carbocycles. The number of hydrogen-bond donors (Lipinski definition) is 1. The molecule has 0 unspecified atom stereocenters. The number of aromatic nitrogens is 4. The van der Waals surface area contributed by atoms with Gasteiger partial charge in [0.1, 0.15) is 11.6 Å². The molecule has 3 aromatic rings. The summed E-state index contributed by atoms with van der Waals surface area (Å²) in [5.74, 6) is 1.78. The van der Waals surface area contributed by atoms with Crippen LogP contribution in [0.25, 0.3) is 16.9 Å². The van der Waals surface area contributed by atoms with Crippen molar-refractivity contribution in [2.45, 2.75) is 38.2 Å². The number of alkyl halides is 2. The molecule has 35 heavy (non-hydrogen) atoms. The number of morpholine rings is 1. The minimum atomic E-state index is -2.73. The number of nitrogens with zero attached hydrogens (tertiary/aromatic N) is 6. The van der Waals surface area contributed by atoms with E-state index in [9.17, 15) is 8.78 Å². The van der Waals surface area contributed by atoms with Crippen LogP contribution in [-0.2, 0) is 4.74 Å². The lowest BCUT2D eigenvalue weighted by Gasteiger charge is -2.32. The molecule has 1 aliphatic heterocycles. The van der Waals surface area contributed by atoms with E-state index in [0.717, 1.165) is 19.4 Å². The lowest BCUT2D eigenvalue weighted by Crippen LogP contribution is -2.37. The molecule has 188 valence electrons. The topological polar surface area (TPSA) is 71.3 Å². The summed E-state index contributed by atoms with van der Waals surface area (Å²) in [4.78, 5) is 18.1. The van der Waals surface area contributed by atoms with Crippen molar-refractivity contribution in [3.8, 4) is 5.82 Å². The Morgan fingerprint density at radius 3 is 2.46 bits per heavy atom. The summed E-state index contributed by atoms with van der Waals surface area (Å²) in [5.41, 5.74) is 1.11. The minimum absolute atomic E-state index is 0.314. The van der Waals surface area contributed by atoms with Gasteiger partial charge in [-0.15, -0.1) is 0 Å². The molecule has 1 saturated carbocycles. The highest BCUT2D eigenvalue weighted by atomic mass is 19.3. The number of ether oxygens (including phenoxy) is 1. The lowest BCUT2D eigenvalue weighted by atomic mass is 9.85. The number of imidazole rings is 1. The van der Waals surface area contributed by atoms with Gasteiger partial charge in [0.05, 0.1) is 24.2 Å². The largest absolute Gasteiger partial charge is 0.378 e. The van der Waals surface area contributed by atoms with Gasteiger partial charge in [-0.1, -0.05) is 12.1 Å². The van der Waals surface area contributed by atoms with Gasteiger partial charge in [0.15, 0.2) is 5.82 Å². The van der Waals surface area contributed by atoms with Gasteiger partial charge >= 0.3 is 0 Å². The van der Waals surface area contributed by atoms with E-state index in [1.807, 2.05) is 6.07 Å². The molecule has 0 bridgehead atoms. The van der Waals surface area contributed by atoms with Crippen LogP contribution in [-0.4, -0.2) is 77.4 Å². The predicted octanol–water partition coefficient (Wildman–Crippen LogP) is 4.12. The lowest BCUT2D eigenvalue weighted by molar-refractivity contribution is 0.122. The SMILES string of the molecule is CN(C)C1CCC(CNc2nc(N3CCOCC3)cc(-n3c(C(F)F)nc4ccccc43)n2)CC1. The van der Waals surface area contributed by atoms with Crippen molar-refractivity contribution in [1.82, 2.24) is 24.4 Å². The standard InChI is InChI=1S/C25H33F2N7O/c1-32(2)18-9-7-17(8-10-18)16-28-25-30-21(33-11-13-35-14-12-33)15-22(31-25)34-20-6-4-3-5-19(20)29-24(34)23(26)27/h3-6,15,17-18,23H,7-14,16H2,1-2H3,(H,28,30,31). The number of rotatable bonds is 7. The molecular formula is C25H33F2N7O. The van der Waals surface area contributed by atoms with Crippen molar-refractivity contribution in [3.05, 3.63) is 36.2 Å². The van der Waals surface area contributed by atoms with Crippen molar-refractivity contribution in [3.63, 3.8) is 0 Å². The Balaban J connectivity index is 1.46. The number of halogens is 2. The zero-order valence-electron chi connectivity index (χ0n) is 20.3. The van der Waals surface area contributed by atoms with Gasteiger partial charge in [-0.3, -0.25) is 4.57 Å². The number of anilines is 2. The molecule has 1 N–H and O–H groups in total. The molecule has 10 heteroatoms. The molecular weight excluding hydrogens is 452 g/mol. The van der Waals surface area contributed by atoms with Crippen LogP contribution in [0.4, 0.5) is 20.5 Å². The summed E-state index contributed by atoms with van der Waals surface area (Å²) in [6.07, 6.45) is 1.92. The highest BCUT2D eigenvalue weighted by Crippen LogP contribution is 2.30. The Morgan fingerprint density at radius 2 is 1.74 bits per heavy atom. The van der Waals surface area contributed by atoms with E-state index in [4.69, 9.17) is 14.7 Å². The summed E-state index contributed by atoms with van der Waals surface area (Å²) in [6.45, 7) is 3.35. The molecule has 0 spiro atoms. The Labute approximate surface area is 204 Å². The molecule has 2 aliphatic rings. The Kier molecular flexibility index (Phi) is 7.10. The van der Waals surface area contributed by atoms with Crippen molar-refractivity contribution < 1.29 is 13.5 Å². The first kappa shape index (κ1) is 23.9.